The minimum atomic E-state index is -0.203. The summed E-state index contributed by atoms with van der Waals surface area (Å²) in [5.74, 6) is 0. The fraction of sp³-hybridized carbons (Fsp3) is 0.235. The topological polar surface area (TPSA) is 41.1 Å². The molecule has 0 spiro atoms. The average Bonchev–Trinajstić information content (AvgIpc) is 2.48. The van der Waals surface area contributed by atoms with E-state index < -0.39 is 0 Å². The fourth-order valence-electron chi connectivity index (χ4n) is 2.15. The van der Waals surface area contributed by atoms with Crippen molar-refractivity contribution in [2.75, 3.05) is 5.32 Å². The molecule has 3 nitrogen and oxygen atoms in total. The highest BCUT2D eigenvalue weighted by molar-refractivity contribution is 6.30. The molecule has 4 heteroatoms. The molecule has 2 amide bonds. The molecular formula is C17H19ClN2O. The number of amides is 2. The Hall–Kier alpha value is -2.00. The Morgan fingerprint density at radius 1 is 1.14 bits per heavy atom. The third kappa shape index (κ3) is 4.23. The lowest BCUT2D eigenvalue weighted by Gasteiger charge is -2.18. The van der Waals surface area contributed by atoms with Gasteiger partial charge in [0.25, 0.3) is 0 Å². The smallest absolute Gasteiger partial charge is 0.319 e. The maximum Gasteiger partial charge on any atom is 0.319 e. The lowest BCUT2D eigenvalue weighted by Crippen LogP contribution is -2.32. The van der Waals surface area contributed by atoms with Crippen LogP contribution in [0.5, 0.6) is 0 Å². The molecule has 0 bridgehead atoms. The summed E-state index contributed by atoms with van der Waals surface area (Å²) in [4.78, 5) is 12.1. The Balaban J connectivity index is 2.03. The van der Waals surface area contributed by atoms with Gasteiger partial charge in [0.15, 0.2) is 0 Å². The maximum absolute atomic E-state index is 12.1. The number of nitrogens with one attached hydrogen (secondary N) is 2. The van der Waals surface area contributed by atoms with Crippen LogP contribution in [0.2, 0.25) is 5.02 Å². The average molecular weight is 303 g/mol. The van der Waals surface area contributed by atoms with Gasteiger partial charge in [-0.05, 0) is 42.7 Å². The molecule has 1 atom stereocenters. The number of rotatable bonds is 4. The largest absolute Gasteiger partial charge is 0.331 e. The van der Waals surface area contributed by atoms with Crippen LogP contribution in [-0.2, 0) is 0 Å². The Labute approximate surface area is 130 Å². The van der Waals surface area contributed by atoms with E-state index in [9.17, 15) is 4.79 Å². The molecule has 110 valence electrons. The van der Waals surface area contributed by atoms with Crippen LogP contribution in [0.3, 0.4) is 0 Å². The zero-order valence-electron chi connectivity index (χ0n) is 12.2. The first-order valence-corrected chi connectivity index (χ1v) is 7.36. The molecule has 0 saturated carbocycles. The molecule has 0 aliphatic carbocycles. The van der Waals surface area contributed by atoms with Gasteiger partial charge in [-0.15, -0.1) is 0 Å². The number of urea groups is 1. The molecular weight excluding hydrogens is 284 g/mol. The van der Waals surface area contributed by atoms with E-state index in [0.29, 0.717) is 5.02 Å². The third-order valence-corrected chi connectivity index (χ3v) is 3.63. The van der Waals surface area contributed by atoms with Crippen LogP contribution in [0.4, 0.5) is 10.5 Å². The first kappa shape index (κ1) is 15.4. The van der Waals surface area contributed by atoms with Crippen molar-refractivity contribution in [3.63, 3.8) is 0 Å². The molecule has 0 aliphatic rings. The van der Waals surface area contributed by atoms with Crippen LogP contribution in [0.15, 0.2) is 48.5 Å². The summed E-state index contributed by atoms with van der Waals surface area (Å²) in [6.07, 6.45) is 0.808. The van der Waals surface area contributed by atoms with E-state index in [2.05, 4.69) is 10.6 Å². The van der Waals surface area contributed by atoms with Crippen molar-refractivity contribution in [1.29, 1.82) is 0 Å². The number of para-hydroxylation sites is 1. The van der Waals surface area contributed by atoms with E-state index >= 15 is 0 Å². The molecule has 2 N–H and O–H groups in total. The van der Waals surface area contributed by atoms with E-state index in [4.69, 9.17) is 11.6 Å². The maximum atomic E-state index is 12.1. The van der Waals surface area contributed by atoms with Gasteiger partial charge in [0.1, 0.15) is 0 Å². The zero-order valence-corrected chi connectivity index (χ0v) is 12.9. The van der Waals surface area contributed by atoms with Crippen molar-refractivity contribution < 1.29 is 4.79 Å². The minimum Gasteiger partial charge on any atom is -0.331 e. The van der Waals surface area contributed by atoms with Gasteiger partial charge >= 0.3 is 6.03 Å². The first-order chi connectivity index (χ1) is 10.1. The standard InChI is InChI=1S/C17H19ClN2O/c1-3-15(13-8-10-14(18)11-9-13)19-17(21)20-16-7-5-4-6-12(16)2/h4-11,15H,3H2,1-2H3,(H2,19,20,21)/t15-/m1/s1. The van der Waals surface area contributed by atoms with Crippen molar-refractivity contribution >= 4 is 23.3 Å². The zero-order chi connectivity index (χ0) is 15.2. The summed E-state index contributed by atoms with van der Waals surface area (Å²) in [5, 5.41) is 6.56. The van der Waals surface area contributed by atoms with Crippen molar-refractivity contribution in [3.8, 4) is 0 Å². The van der Waals surface area contributed by atoms with Gasteiger partial charge in [-0.3, -0.25) is 0 Å². The SMILES string of the molecule is CC[C@@H](NC(=O)Nc1ccccc1C)c1ccc(Cl)cc1. The van der Waals surface area contributed by atoms with Gasteiger partial charge in [-0.25, -0.2) is 4.79 Å². The van der Waals surface area contributed by atoms with Gasteiger partial charge in [-0.2, -0.15) is 0 Å². The predicted octanol–water partition coefficient (Wildman–Crippen LogP) is 4.92. The Bertz CT molecular complexity index is 610. The molecule has 0 aliphatic heterocycles. The molecule has 2 aromatic rings. The summed E-state index contributed by atoms with van der Waals surface area (Å²) in [6, 6.07) is 15.0. The van der Waals surface area contributed by atoms with Crippen LogP contribution in [-0.4, -0.2) is 6.03 Å². The molecule has 0 fully saturated rings. The van der Waals surface area contributed by atoms with Gasteiger partial charge in [0, 0.05) is 10.7 Å². The van der Waals surface area contributed by atoms with Gasteiger partial charge < -0.3 is 10.6 Å². The van der Waals surface area contributed by atoms with Crippen molar-refractivity contribution in [1.82, 2.24) is 5.32 Å². The Morgan fingerprint density at radius 3 is 2.43 bits per heavy atom. The summed E-state index contributed by atoms with van der Waals surface area (Å²) < 4.78 is 0. The summed E-state index contributed by atoms with van der Waals surface area (Å²) >= 11 is 5.89. The van der Waals surface area contributed by atoms with Gasteiger partial charge in [0.05, 0.1) is 6.04 Å². The molecule has 2 aromatic carbocycles. The number of anilines is 1. The van der Waals surface area contributed by atoms with Gasteiger partial charge in [0.2, 0.25) is 0 Å². The summed E-state index contributed by atoms with van der Waals surface area (Å²) in [5.41, 5.74) is 2.90. The van der Waals surface area contributed by atoms with Crippen LogP contribution in [0, 0.1) is 6.92 Å². The quantitative estimate of drug-likeness (QED) is 0.827. The van der Waals surface area contributed by atoms with Crippen molar-refractivity contribution in [3.05, 3.63) is 64.7 Å². The van der Waals surface area contributed by atoms with Crippen LogP contribution in [0.25, 0.3) is 0 Å². The molecule has 21 heavy (non-hydrogen) atoms. The first-order valence-electron chi connectivity index (χ1n) is 6.98. The number of halogens is 1. The monoisotopic (exact) mass is 302 g/mol. The summed E-state index contributed by atoms with van der Waals surface area (Å²) in [6.45, 7) is 4.00. The fourth-order valence-corrected chi connectivity index (χ4v) is 2.27. The highest BCUT2D eigenvalue weighted by Gasteiger charge is 2.13. The Morgan fingerprint density at radius 2 is 1.81 bits per heavy atom. The van der Waals surface area contributed by atoms with E-state index in [-0.39, 0.29) is 12.1 Å². The van der Waals surface area contributed by atoms with E-state index in [0.717, 1.165) is 23.2 Å². The third-order valence-electron chi connectivity index (χ3n) is 3.38. The number of carbonyl (C=O) groups is 1. The highest BCUT2D eigenvalue weighted by Crippen LogP contribution is 2.20. The number of hydrogen-bond donors (Lipinski definition) is 2. The number of benzene rings is 2. The second-order valence-electron chi connectivity index (χ2n) is 4.93. The molecule has 0 heterocycles. The van der Waals surface area contributed by atoms with E-state index in [1.54, 1.807) is 0 Å². The second-order valence-corrected chi connectivity index (χ2v) is 5.36. The van der Waals surface area contributed by atoms with Crippen LogP contribution >= 0.6 is 11.6 Å². The number of hydrogen-bond acceptors (Lipinski definition) is 1. The van der Waals surface area contributed by atoms with Crippen molar-refractivity contribution in [2.24, 2.45) is 0 Å². The van der Waals surface area contributed by atoms with Crippen LogP contribution < -0.4 is 10.6 Å². The van der Waals surface area contributed by atoms with Crippen LogP contribution in [0.1, 0.15) is 30.5 Å². The van der Waals surface area contributed by atoms with Gasteiger partial charge in [-0.1, -0.05) is 48.9 Å². The second kappa shape index (κ2) is 7.14. The molecule has 0 aromatic heterocycles. The minimum absolute atomic E-state index is 0.0358. The lowest BCUT2D eigenvalue weighted by molar-refractivity contribution is 0.248. The van der Waals surface area contributed by atoms with Crippen molar-refractivity contribution in [2.45, 2.75) is 26.3 Å². The lowest BCUT2D eigenvalue weighted by atomic mass is 10.1. The Kier molecular flexibility index (Phi) is 5.23. The number of aryl methyl sites for hydroxylation is 1. The van der Waals surface area contributed by atoms with E-state index in [1.807, 2.05) is 62.4 Å². The summed E-state index contributed by atoms with van der Waals surface area (Å²) in [7, 11) is 0. The van der Waals surface area contributed by atoms with E-state index in [1.165, 1.54) is 0 Å². The number of carbonyl (C=O) groups excluding carboxylic acids is 1. The molecule has 2 rings (SSSR count). The molecule has 0 saturated heterocycles. The highest BCUT2D eigenvalue weighted by atomic mass is 35.5. The molecule has 0 radical (unpaired) electrons. The predicted molar refractivity (Wildman–Crippen MR) is 87.8 cm³/mol. The normalized spacial score (nSPS) is 11.8. The molecule has 0 unspecified atom stereocenters.